The molecule has 0 unspecified atom stereocenters. The summed E-state index contributed by atoms with van der Waals surface area (Å²) >= 11 is 0. The van der Waals surface area contributed by atoms with E-state index in [2.05, 4.69) is 26.9 Å². The molecular weight excluding hydrogens is 314 g/mol. The Morgan fingerprint density at radius 3 is 2.84 bits per heavy atom. The van der Waals surface area contributed by atoms with Gasteiger partial charge in [-0.15, -0.1) is 0 Å². The molecule has 1 atom stereocenters. The van der Waals surface area contributed by atoms with Crippen molar-refractivity contribution in [2.45, 2.75) is 38.6 Å². The largest absolute Gasteiger partial charge is 0.381 e. The van der Waals surface area contributed by atoms with Crippen molar-refractivity contribution in [3.63, 3.8) is 0 Å². The topological polar surface area (TPSA) is 45.7 Å². The first-order chi connectivity index (χ1) is 12.2. The maximum atomic E-state index is 12.6. The number of rotatable bonds is 3. The minimum Gasteiger partial charge on any atom is -0.381 e. The Bertz CT molecular complexity index is 578. The highest BCUT2D eigenvalue weighted by molar-refractivity contribution is 5.79. The van der Waals surface area contributed by atoms with Gasteiger partial charge < -0.3 is 9.64 Å². The summed E-state index contributed by atoms with van der Waals surface area (Å²) in [6, 6.07) is 6.16. The Balaban J connectivity index is 1.33. The van der Waals surface area contributed by atoms with Crippen molar-refractivity contribution in [1.82, 2.24) is 14.8 Å². The molecule has 4 rings (SSSR count). The molecule has 0 saturated carbocycles. The van der Waals surface area contributed by atoms with E-state index in [-0.39, 0.29) is 5.92 Å². The molecule has 4 heterocycles. The third-order valence-electron chi connectivity index (χ3n) is 6.27. The Hall–Kier alpha value is -1.46. The Kier molecular flexibility index (Phi) is 5.04. The van der Waals surface area contributed by atoms with Crippen molar-refractivity contribution < 1.29 is 9.53 Å². The molecule has 25 heavy (non-hydrogen) atoms. The van der Waals surface area contributed by atoms with Crippen LogP contribution in [0.1, 0.15) is 37.8 Å². The maximum absolute atomic E-state index is 12.6. The average Bonchev–Trinajstić information content (AvgIpc) is 3.18. The van der Waals surface area contributed by atoms with Gasteiger partial charge in [0.2, 0.25) is 5.91 Å². The average molecular weight is 343 g/mol. The second-order valence-corrected chi connectivity index (χ2v) is 8.02. The van der Waals surface area contributed by atoms with Crippen molar-refractivity contribution in [3.8, 4) is 0 Å². The minimum atomic E-state index is 0.112. The monoisotopic (exact) mass is 343 g/mol. The van der Waals surface area contributed by atoms with Crippen LogP contribution in [-0.2, 0) is 16.1 Å². The van der Waals surface area contributed by atoms with E-state index in [1.165, 1.54) is 19.4 Å². The van der Waals surface area contributed by atoms with E-state index >= 15 is 0 Å². The lowest BCUT2D eigenvalue weighted by atomic mass is 9.72. The van der Waals surface area contributed by atoms with Gasteiger partial charge in [0.1, 0.15) is 0 Å². The van der Waals surface area contributed by atoms with Gasteiger partial charge in [-0.2, -0.15) is 0 Å². The number of likely N-dealkylation sites (tertiary alicyclic amines) is 2. The van der Waals surface area contributed by atoms with E-state index in [0.29, 0.717) is 17.9 Å². The van der Waals surface area contributed by atoms with Gasteiger partial charge in [-0.3, -0.25) is 14.7 Å². The molecule has 3 aliphatic heterocycles. The molecule has 136 valence electrons. The number of hydrogen-bond donors (Lipinski definition) is 0. The third-order valence-corrected chi connectivity index (χ3v) is 6.27. The molecule has 1 aromatic rings. The van der Waals surface area contributed by atoms with Crippen LogP contribution >= 0.6 is 0 Å². The second-order valence-electron chi connectivity index (χ2n) is 8.02. The van der Waals surface area contributed by atoms with Crippen LogP contribution in [0.25, 0.3) is 0 Å². The highest BCUT2D eigenvalue weighted by Crippen LogP contribution is 2.40. The fourth-order valence-corrected chi connectivity index (χ4v) is 4.76. The molecule has 5 nitrogen and oxygen atoms in total. The van der Waals surface area contributed by atoms with E-state index in [9.17, 15) is 4.79 Å². The summed E-state index contributed by atoms with van der Waals surface area (Å²) < 4.78 is 5.39. The summed E-state index contributed by atoms with van der Waals surface area (Å²) in [4.78, 5) is 21.7. The Morgan fingerprint density at radius 2 is 2.12 bits per heavy atom. The Morgan fingerprint density at radius 1 is 1.24 bits per heavy atom. The maximum Gasteiger partial charge on any atom is 0.228 e. The van der Waals surface area contributed by atoms with Crippen LogP contribution in [0.3, 0.4) is 0 Å². The zero-order chi connectivity index (χ0) is 17.1. The SMILES string of the molecule is O=C([C@@H]1CCOC1)N1CCC2(CCCN(Cc3ccccn3)C2)CC1. The fraction of sp³-hybridized carbons (Fsp3) is 0.700. The van der Waals surface area contributed by atoms with Gasteiger partial charge in [-0.05, 0) is 56.2 Å². The predicted molar refractivity (Wildman–Crippen MR) is 95.9 cm³/mol. The number of aromatic nitrogens is 1. The molecule has 0 aromatic carbocycles. The van der Waals surface area contributed by atoms with Crippen LogP contribution in [-0.4, -0.2) is 60.1 Å². The summed E-state index contributed by atoms with van der Waals surface area (Å²) in [5, 5.41) is 0. The molecule has 3 fully saturated rings. The van der Waals surface area contributed by atoms with E-state index < -0.39 is 0 Å². The van der Waals surface area contributed by atoms with Crippen LogP contribution in [0.2, 0.25) is 0 Å². The standard InChI is InChI=1S/C20H29N3O2/c24-19(17-5-13-25-15-17)23-11-7-20(8-12-23)6-3-10-22(16-20)14-18-4-1-2-9-21-18/h1-2,4,9,17H,3,5-8,10-16H2/t17-/m1/s1. The first-order valence-electron chi connectivity index (χ1n) is 9.73. The molecule has 0 aliphatic carbocycles. The smallest absolute Gasteiger partial charge is 0.228 e. The normalized spacial score (nSPS) is 26.9. The van der Waals surface area contributed by atoms with Crippen LogP contribution in [0.15, 0.2) is 24.4 Å². The molecule has 0 N–H and O–H groups in total. The Labute approximate surface area is 150 Å². The second kappa shape index (κ2) is 7.42. The van der Waals surface area contributed by atoms with Gasteiger partial charge in [0.15, 0.2) is 0 Å². The quantitative estimate of drug-likeness (QED) is 0.845. The van der Waals surface area contributed by atoms with Gasteiger partial charge in [-0.1, -0.05) is 6.07 Å². The van der Waals surface area contributed by atoms with Gasteiger partial charge in [0, 0.05) is 39.0 Å². The molecule has 1 spiro atoms. The summed E-state index contributed by atoms with van der Waals surface area (Å²) in [6.07, 6.45) is 7.64. The molecule has 0 bridgehead atoms. The van der Waals surface area contributed by atoms with Crippen LogP contribution in [0, 0.1) is 11.3 Å². The molecule has 0 radical (unpaired) electrons. The number of carbonyl (C=O) groups excluding carboxylic acids is 1. The predicted octanol–water partition coefficient (Wildman–Crippen LogP) is 2.32. The zero-order valence-corrected chi connectivity index (χ0v) is 15.0. The van der Waals surface area contributed by atoms with Gasteiger partial charge in [0.05, 0.1) is 18.2 Å². The lowest BCUT2D eigenvalue weighted by molar-refractivity contribution is -0.138. The number of amides is 1. The van der Waals surface area contributed by atoms with E-state index in [0.717, 1.165) is 57.7 Å². The summed E-state index contributed by atoms with van der Waals surface area (Å²) in [6.45, 7) is 6.48. The lowest BCUT2D eigenvalue weighted by Crippen LogP contribution is -2.51. The first kappa shape index (κ1) is 17.0. The fourth-order valence-electron chi connectivity index (χ4n) is 4.76. The minimum absolute atomic E-state index is 0.112. The van der Waals surface area contributed by atoms with Crippen molar-refractivity contribution in [3.05, 3.63) is 30.1 Å². The highest BCUT2D eigenvalue weighted by atomic mass is 16.5. The van der Waals surface area contributed by atoms with E-state index in [1.54, 1.807) is 0 Å². The molecule has 1 aromatic heterocycles. The summed E-state index contributed by atoms with van der Waals surface area (Å²) in [5.41, 5.74) is 1.56. The lowest BCUT2D eigenvalue weighted by Gasteiger charge is -2.48. The first-order valence-corrected chi connectivity index (χ1v) is 9.73. The van der Waals surface area contributed by atoms with E-state index in [1.807, 2.05) is 12.3 Å². The van der Waals surface area contributed by atoms with Crippen molar-refractivity contribution in [2.24, 2.45) is 11.3 Å². The number of hydrogen-bond acceptors (Lipinski definition) is 4. The van der Waals surface area contributed by atoms with Crippen molar-refractivity contribution >= 4 is 5.91 Å². The van der Waals surface area contributed by atoms with Crippen molar-refractivity contribution in [2.75, 3.05) is 39.4 Å². The van der Waals surface area contributed by atoms with Gasteiger partial charge in [-0.25, -0.2) is 0 Å². The van der Waals surface area contributed by atoms with Crippen LogP contribution in [0.5, 0.6) is 0 Å². The van der Waals surface area contributed by atoms with Crippen molar-refractivity contribution in [1.29, 1.82) is 0 Å². The molecule has 3 aliphatic rings. The number of nitrogens with zero attached hydrogens (tertiary/aromatic N) is 3. The highest BCUT2D eigenvalue weighted by Gasteiger charge is 2.40. The van der Waals surface area contributed by atoms with Crippen LogP contribution < -0.4 is 0 Å². The van der Waals surface area contributed by atoms with Crippen LogP contribution in [0.4, 0.5) is 0 Å². The molecule has 1 amide bonds. The third kappa shape index (κ3) is 3.87. The van der Waals surface area contributed by atoms with Gasteiger partial charge >= 0.3 is 0 Å². The van der Waals surface area contributed by atoms with E-state index in [4.69, 9.17) is 4.74 Å². The molecular formula is C20H29N3O2. The summed E-state index contributed by atoms with van der Waals surface area (Å²) in [7, 11) is 0. The number of pyridine rings is 1. The number of carbonyl (C=O) groups is 1. The molecule has 3 saturated heterocycles. The number of ether oxygens (including phenoxy) is 1. The summed E-state index contributed by atoms with van der Waals surface area (Å²) in [5.74, 6) is 0.439. The number of piperidine rings is 2. The zero-order valence-electron chi connectivity index (χ0n) is 15.0. The molecule has 5 heteroatoms. The van der Waals surface area contributed by atoms with Gasteiger partial charge in [0.25, 0.3) is 0 Å².